The van der Waals surface area contributed by atoms with Gasteiger partial charge < -0.3 is 14.6 Å². The van der Waals surface area contributed by atoms with Crippen molar-refractivity contribution in [3.8, 4) is 11.5 Å². The van der Waals surface area contributed by atoms with Crippen LogP contribution in [-0.4, -0.2) is 35.5 Å². The molecule has 1 aliphatic rings. The molecule has 1 fully saturated rings. The van der Waals surface area contributed by atoms with Crippen LogP contribution in [0.3, 0.4) is 0 Å². The van der Waals surface area contributed by atoms with Crippen LogP contribution < -0.4 is 19.7 Å². The standard InChI is InChI=1S/C32H30N2O7/c1-5-7-24-15-22(17-27(40-6-2)28(24)41-18-21-8-10-23(11-9-21)31(37)38)16-26-29(35)33-32(39)34(30(26)36)25-13-19(3)12-20(4)14-25/h5,8-17H,1,6-7,18H2,2-4H3,(H,37,38)(H,33,35,39)/b26-16+. The van der Waals surface area contributed by atoms with Crippen molar-refractivity contribution >= 4 is 35.6 Å². The summed E-state index contributed by atoms with van der Waals surface area (Å²) in [5, 5.41) is 11.4. The van der Waals surface area contributed by atoms with Crippen LogP contribution in [0.2, 0.25) is 0 Å². The summed E-state index contributed by atoms with van der Waals surface area (Å²) in [4.78, 5) is 51.0. The largest absolute Gasteiger partial charge is 0.490 e. The molecular weight excluding hydrogens is 524 g/mol. The average Bonchev–Trinajstić information content (AvgIpc) is 2.90. The number of urea groups is 1. The monoisotopic (exact) mass is 554 g/mol. The summed E-state index contributed by atoms with van der Waals surface area (Å²) in [6.45, 7) is 9.83. The van der Waals surface area contributed by atoms with Crippen molar-refractivity contribution in [2.24, 2.45) is 0 Å². The minimum atomic E-state index is -1.01. The van der Waals surface area contributed by atoms with Crippen molar-refractivity contribution in [2.75, 3.05) is 11.5 Å². The zero-order valence-electron chi connectivity index (χ0n) is 23.0. The summed E-state index contributed by atoms with van der Waals surface area (Å²) in [6, 6.07) is 14.3. The van der Waals surface area contributed by atoms with Gasteiger partial charge in [0, 0.05) is 5.56 Å². The number of rotatable bonds is 10. The number of aromatic carboxylic acids is 1. The number of carboxylic acids is 1. The zero-order valence-corrected chi connectivity index (χ0v) is 23.0. The summed E-state index contributed by atoms with van der Waals surface area (Å²) in [5.74, 6) is -1.69. The molecule has 1 aliphatic heterocycles. The molecular formula is C32H30N2O7. The van der Waals surface area contributed by atoms with E-state index in [0.717, 1.165) is 21.6 Å². The summed E-state index contributed by atoms with van der Waals surface area (Å²) >= 11 is 0. The van der Waals surface area contributed by atoms with Crippen LogP contribution in [0.15, 0.2) is 72.8 Å². The van der Waals surface area contributed by atoms with Gasteiger partial charge in [-0.3, -0.25) is 14.9 Å². The summed E-state index contributed by atoms with van der Waals surface area (Å²) in [6.07, 6.45) is 3.51. The Hall–Kier alpha value is -5.18. The van der Waals surface area contributed by atoms with Crippen molar-refractivity contribution in [1.29, 1.82) is 0 Å². The molecule has 41 heavy (non-hydrogen) atoms. The second-order valence-electron chi connectivity index (χ2n) is 9.53. The van der Waals surface area contributed by atoms with Gasteiger partial charge in [0.2, 0.25) is 0 Å². The molecule has 210 valence electrons. The van der Waals surface area contributed by atoms with Gasteiger partial charge in [0.15, 0.2) is 11.5 Å². The third-order valence-electron chi connectivity index (χ3n) is 6.28. The second kappa shape index (κ2) is 12.3. The van der Waals surface area contributed by atoms with E-state index in [4.69, 9.17) is 14.6 Å². The number of imide groups is 2. The summed E-state index contributed by atoms with van der Waals surface area (Å²) in [7, 11) is 0. The number of aryl methyl sites for hydroxylation is 2. The number of benzene rings is 3. The molecule has 3 aromatic rings. The number of carbonyl (C=O) groups is 4. The number of hydrogen-bond acceptors (Lipinski definition) is 6. The van der Waals surface area contributed by atoms with Crippen molar-refractivity contribution < 1.29 is 33.8 Å². The van der Waals surface area contributed by atoms with Crippen molar-refractivity contribution in [1.82, 2.24) is 5.32 Å². The maximum Gasteiger partial charge on any atom is 0.335 e. The Balaban J connectivity index is 1.70. The maximum absolute atomic E-state index is 13.5. The number of barbiturate groups is 1. The van der Waals surface area contributed by atoms with E-state index in [-0.39, 0.29) is 17.7 Å². The first-order valence-corrected chi connectivity index (χ1v) is 13.0. The van der Waals surface area contributed by atoms with Gasteiger partial charge in [0.1, 0.15) is 12.2 Å². The van der Waals surface area contributed by atoms with Gasteiger partial charge in [-0.05, 0) is 91.9 Å². The normalized spacial score (nSPS) is 14.2. The van der Waals surface area contributed by atoms with Gasteiger partial charge in [-0.25, -0.2) is 14.5 Å². The van der Waals surface area contributed by atoms with Crippen LogP contribution in [0, 0.1) is 13.8 Å². The third-order valence-corrected chi connectivity index (χ3v) is 6.28. The molecule has 0 atom stereocenters. The number of carboxylic acid groups (broad SMARTS) is 1. The van der Waals surface area contributed by atoms with Gasteiger partial charge in [-0.1, -0.05) is 24.3 Å². The lowest BCUT2D eigenvalue weighted by Crippen LogP contribution is -2.54. The fourth-order valence-electron chi connectivity index (χ4n) is 4.54. The smallest absolute Gasteiger partial charge is 0.335 e. The van der Waals surface area contributed by atoms with E-state index in [1.807, 2.05) is 26.8 Å². The fourth-order valence-corrected chi connectivity index (χ4v) is 4.54. The molecule has 0 spiro atoms. The topological polar surface area (TPSA) is 122 Å². The SMILES string of the molecule is C=CCc1cc(/C=C2\C(=O)NC(=O)N(c3cc(C)cc(C)c3)C2=O)cc(OCC)c1OCc1ccc(C(=O)O)cc1. The van der Waals surface area contributed by atoms with Crippen LogP contribution in [0.4, 0.5) is 10.5 Å². The molecule has 4 amide bonds. The molecule has 9 heteroatoms. The molecule has 1 heterocycles. The molecule has 9 nitrogen and oxygen atoms in total. The van der Waals surface area contributed by atoms with Gasteiger partial charge in [0.25, 0.3) is 11.8 Å². The van der Waals surface area contributed by atoms with E-state index in [1.54, 1.807) is 42.5 Å². The van der Waals surface area contributed by atoms with Gasteiger partial charge in [0.05, 0.1) is 17.9 Å². The fraction of sp³-hybridized carbons (Fsp3) is 0.188. The lowest BCUT2D eigenvalue weighted by molar-refractivity contribution is -0.122. The van der Waals surface area contributed by atoms with E-state index >= 15 is 0 Å². The Bertz CT molecular complexity index is 1550. The van der Waals surface area contributed by atoms with E-state index in [2.05, 4.69) is 11.9 Å². The van der Waals surface area contributed by atoms with Gasteiger partial charge in [-0.2, -0.15) is 0 Å². The number of hydrogen-bond donors (Lipinski definition) is 2. The Morgan fingerprint density at radius 1 is 1.00 bits per heavy atom. The number of nitrogens with zero attached hydrogens (tertiary/aromatic N) is 1. The molecule has 1 saturated heterocycles. The van der Waals surface area contributed by atoms with Crippen molar-refractivity contribution in [3.63, 3.8) is 0 Å². The first-order chi connectivity index (χ1) is 19.6. The highest BCUT2D eigenvalue weighted by molar-refractivity contribution is 6.39. The summed E-state index contributed by atoms with van der Waals surface area (Å²) < 4.78 is 12.0. The van der Waals surface area contributed by atoms with E-state index in [1.165, 1.54) is 18.2 Å². The van der Waals surface area contributed by atoms with E-state index < -0.39 is 23.8 Å². The minimum absolute atomic E-state index is 0.151. The molecule has 2 N–H and O–H groups in total. The third kappa shape index (κ3) is 6.52. The second-order valence-corrected chi connectivity index (χ2v) is 9.53. The average molecular weight is 555 g/mol. The van der Waals surface area contributed by atoms with Gasteiger partial charge >= 0.3 is 12.0 Å². The number of amides is 4. The van der Waals surface area contributed by atoms with Crippen LogP contribution in [-0.2, 0) is 22.6 Å². The van der Waals surface area contributed by atoms with Crippen LogP contribution >= 0.6 is 0 Å². The highest BCUT2D eigenvalue weighted by atomic mass is 16.5. The maximum atomic E-state index is 13.5. The van der Waals surface area contributed by atoms with Crippen molar-refractivity contribution in [3.05, 3.63) is 106 Å². The Morgan fingerprint density at radius 3 is 2.29 bits per heavy atom. The highest BCUT2D eigenvalue weighted by Crippen LogP contribution is 2.36. The van der Waals surface area contributed by atoms with Crippen molar-refractivity contribution in [2.45, 2.75) is 33.8 Å². The number of allylic oxidation sites excluding steroid dienone is 1. The lowest BCUT2D eigenvalue weighted by atomic mass is 10.0. The predicted molar refractivity (Wildman–Crippen MR) is 154 cm³/mol. The predicted octanol–water partition coefficient (Wildman–Crippen LogP) is 5.37. The molecule has 0 unspecified atom stereocenters. The van der Waals surface area contributed by atoms with Gasteiger partial charge in [-0.15, -0.1) is 6.58 Å². The minimum Gasteiger partial charge on any atom is -0.490 e. The quantitative estimate of drug-likeness (QED) is 0.196. The molecule has 0 bridgehead atoms. The van der Waals surface area contributed by atoms with Crippen LogP contribution in [0.1, 0.15) is 45.1 Å². The first kappa shape index (κ1) is 28.8. The number of nitrogens with one attached hydrogen (secondary N) is 1. The molecule has 3 aromatic carbocycles. The lowest BCUT2D eigenvalue weighted by Gasteiger charge is -2.27. The van der Waals surface area contributed by atoms with Crippen LogP contribution in [0.5, 0.6) is 11.5 Å². The van der Waals surface area contributed by atoms with E-state index in [0.29, 0.717) is 41.3 Å². The Labute approximate surface area is 237 Å². The molecule has 4 rings (SSSR count). The molecule has 0 radical (unpaired) electrons. The number of ether oxygens (including phenoxy) is 2. The molecule has 0 saturated carbocycles. The molecule has 0 aromatic heterocycles. The molecule has 0 aliphatic carbocycles. The highest BCUT2D eigenvalue weighted by Gasteiger charge is 2.37. The Morgan fingerprint density at radius 2 is 1.68 bits per heavy atom. The summed E-state index contributed by atoms with van der Waals surface area (Å²) in [5.41, 5.74) is 4.02. The zero-order chi connectivity index (χ0) is 29.7. The number of carbonyl (C=O) groups excluding carboxylic acids is 3. The van der Waals surface area contributed by atoms with E-state index in [9.17, 15) is 19.2 Å². The number of anilines is 1. The Kier molecular flexibility index (Phi) is 8.67. The first-order valence-electron chi connectivity index (χ1n) is 13.0. The van der Waals surface area contributed by atoms with Crippen LogP contribution in [0.25, 0.3) is 6.08 Å².